The van der Waals surface area contributed by atoms with Crippen molar-refractivity contribution in [1.29, 1.82) is 0 Å². The molecule has 0 aromatic heterocycles. The van der Waals surface area contributed by atoms with Crippen molar-refractivity contribution in [2.45, 2.75) is 25.7 Å². The van der Waals surface area contributed by atoms with Crippen LogP contribution in [0.2, 0.25) is 0 Å². The Morgan fingerprint density at radius 3 is 2.14 bits per heavy atom. The summed E-state index contributed by atoms with van der Waals surface area (Å²) in [5.41, 5.74) is 5.29. The van der Waals surface area contributed by atoms with Crippen LogP contribution in [0.4, 0.5) is 0 Å². The first-order valence-corrected chi connectivity index (χ1v) is 7.77. The first-order valence-electron chi connectivity index (χ1n) is 7.77. The molecule has 0 heteroatoms. The van der Waals surface area contributed by atoms with Gasteiger partial charge < -0.3 is 0 Å². The van der Waals surface area contributed by atoms with Crippen LogP contribution in [-0.4, -0.2) is 0 Å². The molecule has 0 saturated heterocycles. The van der Waals surface area contributed by atoms with E-state index in [1.807, 2.05) is 6.08 Å². The smallest absolute Gasteiger partial charge is 0.0118 e. The molecule has 2 aromatic carbocycles. The van der Waals surface area contributed by atoms with Crippen LogP contribution in [0.3, 0.4) is 0 Å². The van der Waals surface area contributed by atoms with Gasteiger partial charge in [0, 0.05) is 5.41 Å². The number of hydrogen-bond acceptors (Lipinski definition) is 0. The Bertz CT molecular complexity index is 699. The van der Waals surface area contributed by atoms with Crippen molar-refractivity contribution in [1.82, 2.24) is 0 Å². The maximum Gasteiger partial charge on any atom is 0.0118 e. The van der Waals surface area contributed by atoms with Gasteiger partial charge in [0.1, 0.15) is 0 Å². The van der Waals surface area contributed by atoms with Gasteiger partial charge in [-0.3, -0.25) is 0 Å². The maximum atomic E-state index is 3.40. The van der Waals surface area contributed by atoms with Crippen LogP contribution in [0.5, 0.6) is 0 Å². The van der Waals surface area contributed by atoms with Crippen molar-refractivity contribution in [2.24, 2.45) is 0 Å². The molecule has 22 heavy (non-hydrogen) atoms. The zero-order valence-electron chi connectivity index (χ0n) is 13.2. The van der Waals surface area contributed by atoms with E-state index in [0.29, 0.717) is 0 Å². The van der Waals surface area contributed by atoms with Gasteiger partial charge in [0.15, 0.2) is 0 Å². The van der Waals surface area contributed by atoms with Crippen molar-refractivity contribution in [2.75, 3.05) is 0 Å². The third-order valence-electron chi connectivity index (χ3n) is 4.40. The summed E-state index contributed by atoms with van der Waals surface area (Å²) in [4.78, 5) is 0. The van der Waals surface area contributed by atoms with E-state index in [9.17, 15) is 0 Å². The lowest BCUT2D eigenvalue weighted by Gasteiger charge is -2.30. The van der Waals surface area contributed by atoms with Crippen molar-refractivity contribution in [3.05, 3.63) is 107 Å². The Hall–Kier alpha value is -2.34. The summed E-state index contributed by atoms with van der Waals surface area (Å²) in [5.74, 6) is 0. The van der Waals surface area contributed by atoms with Gasteiger partial charge in [-0.15, -0.1) is 0 Å². The third-order valence-corrected chi connectivity index (χ3v) is 4.40. The Morgan fingerprint density at radius 1 is 0.909 bits per heavy atom. The molecule has 0 spiro atoms. The molecule has 0 aliphatic heterocycles. The quantitative estimate of drug-likeness (QED) is 0.702. The minimum absolute atomic E-state index is 0.0258. The van der Waals surface area contributed by atoms with Gasteiger partial charge in [-0.05, 0) is 34.8 Å². The Labute approximate surface area is 133 Å². The van der Waals surface area contributed by atoms with Crippen LogP contribution in [0.15, 0.2) is 90.0 Å². The highest BCUT2D eigenvalue weighted by atomic mass is 14.3. The molecule has 1 aliphatic rings. The minimum Gasteiger partial charge on any atom is -0.0622 e. The summed E-state index contributed by atoms with van der Waals surface area (Å²) in [5, 5.41) is 0. The van der Waals surface area contributed by atoms with Crippen molar-refractivity contribution in [3.8, 4) is 0 Å². The Morgan fingerprint density at radius 2 is 1.55 bits per heavy atom. The topological polar surface area (TPSA) is 0 Å². The van der Waals surface area contributed by atoms with E-state index in [0.717, 1.165) is 6.42 Å². The average molecular weight is 285 g/mol. The van der Waals surface area contributed by atoms with E-state index in [4.69, 9.17) is 0 Å². The number of rotatable bonds is 4. The summed E-state index contributed by atoms with van der Waals surface area (Å²) in [6, 6.07) is 21.4. The molecular formula is C22H21. The lowest BCUT2D eigenvalue weighted by atomic mass is 9.73. The van der Waals surface area contributed by atoms with Gasteiger partial charge in [-0.25, -0.2) is 0 Å². The zero-order valence-corrected chi connectivity index (χ0v) is 13.2. The number of benzene rings is 2. The van der Waals surface area contributed by atoms with Gasteiger partial charge in [-0.2, -0.15) is 0 Å². The van der Waals surface area contributed by atoms with Crippen LogP contribution in [0.25, 0.3) is 0 Å². The normalized spacial score (nSPS) is 16.1. The summed E-state index contributed by atoms with van der Waals surface area (Å²) in [6.45, 7) is 4.61. The molecular weight excluding hydrogens is 264 g/mol. The molecule has 0 unspecified atom stereocenters. The zero-order chi connectivity index (χ0) is 15.4. The van der Waals surface area contributed by atoms with Crippen LogP contribution in [0.1, 0.15) is 25.0 Å². The first kappa shape index (κ1) is 14.6. The number of hydrogen-bond donors (Lipinski definition) is 0. The van der Waals surface area contributed by atoms with Gasteiger partial charge in [0.2, 0.25) is 0 Å². The molecule has 0 nitrogen and oxygen atoms in total. The lowest BCUT2D eigenvalue weighted by Crippen LogP contribution is -2.23. The summed E-state index contributed by atoms with van der Waals surface area (Å²) >= 11 is 0. The molecule has 1 aliphatic carbocycles. The first-order chi connectivity index (χ1) is 10.7. The van der Waals surface area contributed by atoms with Crippen LogP contribution < -0.4 is 0 Å². The van der Waals surface area contributed by atoms with Crippen LogP contribution >= 0.6 is 0 Å². The van der Waals surface area contributed by atoms with Crippen LogP contribution in [0, 0.1) is 6.08 Å². The second kappa shape index (κ2) is 6.19. The van der Waals surface area contributed by atoms with Crippen molar-refractivity contribution < 1.29 is 0 Å². The Balaban J connectivity index is 2.05. The average Bonchev–Trinajstić information content (AvgIpc) is 3.08. The lowest BCUT2D eigenvalue weighted by molar-refractivity contribution is 0.602. The van der Waals surface area contributed by atoms with Crippen molar-refractivity contribution in [3.63, 3.8) is 0 Å². The Kier molecular flexibility index (Phi) is 4.11. The summed E-state index contributed by atoms with van der Waals surface area (Å²) in [7, 11) is 0. The van der Waals surface area contributed by atoms with Gasteiger partial charge in [0.25, 0.3) is 0 Å². The molecule has 2 aromatic rings. The predicted molar refractivity (Wildman–Crippen MR) is 93.6 cm³/mol. The molecule has 0 atom stereocenters. The molecule has 109 valence electrons. The molecule has 0 bridgehead atoms. The molecule has 0 N–H and O–H groups in total. The summed E-state index contributed by atoms with van der Waals surface area (Å²) in [6.07, 6.45) is 10.6. The van der Waals surface area contributed by atoms with Crippen molar-refractivity contribution >= 4 is 0 Å². The third kappa shape index (κ3) is 2.96. The van der Waals surface area contributed by atoms with Gasteiger partial charge >= 0.3 is 0 Å². The molecule has 0 heterocycles. The molecule has 0 saturated carbocycles. The summed E-state index contributed by atoms with van der Waals surface area (Å²) < 4.78 is 0. The molecule has 3 rings (SSSR count). The second-order valence-electron chi connectivity index (χ2n) is 6.22. The van der Waals surface area contributed by atoms with E-state index in [1.165, 1.54) is 22.3 Å². The fourth-order valence-electron chi connectivity index (χ4n) is 3.00. The predicted octanol–water partition coefficient (Wildman–Crippen LogP) is 5.43. The molecule has 0 amide bonds. The highest BCUT2D eigenvalue weighted by molar-refractivity contribution is 5.48. The van der Waals surface area contributed by atoms with E-state index >= 15 is 0 Å². The monoisotopic (exact) mass is 285 g/mol. The van der Waals surface area contributed by atoms with Crippen LogP contribution in [-0.2, 0) is 11.8 Å². The molecule has 1 radical (unpaired) electrons. The minimum atomic E-state index is -0.0258. The fraction of sp³-hybridized carbons (Fsp3) is 0.182. The highest BCUT2D eigenvalue weighted by Crippen LogP contribution is 2.36. The SMILES string of the molecule is CC(C)(C(Cc1ccccc1)=C1[C]=CC=C1)c1ccccc1. The standard InChI is InChI=1S/C22H21/c1-22(2,20-15-7-4-8-16-20)21(19-13-9-10-14-19)17-18-11-5-3-6-12-18/h3-13,15-16H,17H2,1-2H3. The van der Waals surface area contributed by atoms with E-state index in [-0.39, 0.29) is 5.41 Å². The molecule has 0 fully saturated rings. The second-order valence-corrected chi connectivity index (χ2v) is 6.22. The highest BCUT2D eigenvalue weighted by Gasteiger charge is 2.27. The van der Waals surface area contributed by atoms with E-state index in [1.54, 1.807) is 0 Å². The van der Waals surface area contributed by atoms with E-state index < -0.39 is 0 Å². The fourth-order valence-corrected chi connectivity index (χ4v) is 3.00. The van der Waals surface area contributed by atoms with Gasteiger partial charge in [-0.1, -0.05) is 92.7 Å². The maximum absolute atomic E-state index is 3.40. The van der Waals surface area contributed by atoms with Gasteiger partial charge in [0.05, 0.1) is 0 Å². The van der Waals surface area contributed by atoms with E-state index in [2.05, 4.69) is 92.7 Å². The largest absolute Gasteiger partial charge is 0.0622 e. The number of allylic oxidation sites excluding steroid dienone is 6.